The van der Waals surface area contributed by atoms with Crippen LogP contribution in [0.25, 0.3) is 11.5 Å². The molecular formula is C16H18N6S. The molecule has 1 aliphatic rings. The fraction of sp³-hybridized carbons (Fsp3) is 0.375. The summed E-state index contributed by atoms with van der Waals surface area (Å²) < 4.78 is 0. The van der Waals surface area contributed by atoms with E-state index in [1.54, 1.807) is 29.9 Å². The number of rotatable bonds is 4. The van der Waals surface area contributed by atoms with E-state index in [2.05, 4.69) is 29.8 Å². The number of nitrogens with zero attached hydrogens (tertiary/aromatic N) is 5. The van der Waals surface area contributed by atoms with E-state index >= 15 is 0 Å². The number of thiazole rings is 1. The number of H-pyrrole nitrogens is 1. The van der Waals surface area contributed by atoms with Gasteiger partial charge in [0.25, 0.3) is 0 Å². The average Bonchev–Trinajstić information content (AvgIpc) is 3.29. The van der Waals surface area contributed by atoms with Crippen molar-refractivity contribution in [3.05, 3.63) is 47.1 Å². The second-order valence-corrected chi connectivity index (χ2v) is 6.74. The van der Waals surface area contributed by atoms with Crippen LogP contribution in [0.1, 0.15) is 29.3 Å². The molecule has 4 rings (SSSR count). The van der Waals surface area contributed by atoms with Gasteiger partial charge in [-0.1, -0.05) is 0 Å². The number of hydrogen-bond acceptors (Lipinski definition) is 6. The third-order valence-electron chi connectivity index (χ3n) is 4.20. The van der Waals surface area contributed by atoms with Gasteiger partial charge in [0.05, 0.1) is 11.2 Å². The van der Waals surface area contributed by atoms with Crippen LogP contribution in [0, 0.1) is 0 Å². The minimum absolute atomic E-state index is 0.394. The first kappa shape index (κ1) is 14.5. The molecule has 1 aliphatic heterocycles. The van der Waals surface area contributed by atoms with Crippen molar-refractivity contribution in [2.45, 2.75) is 25.3 Å². The molecule has 3 aromatic heterocycles. The van der Waals surface area contributed by atoms with E-state index in [1.807, 2.05) is 17.9 Å². The van der Waals surface area contributed by atoms with Crippen LogP contribution in [0.5, 0.6) is 0 Å². The molecule has 1 atom stereocenters. The molecule has 0 bridgehead atoms. The smallest absolute Gasteiger partial charge is 0.157 e. The third-order valence-corrected chi connectivity index (χ3v) is 4.97. The molecule has 3 aromatic rings. The van der Waals surface area contributed by atoms with E-state index in [0.29, 0.717) is 5.92 Å². The Morgan fingerprint density at radius 1 is 1.22 bits per heavy atom. The Kier molecular flexibility index (Phi) is 4.12. The zero-order valence-electron chi connectivity index (χ0n) is 12.7. The van der Waals surface area contributed by atoms with Crippen LogP contribution in [0.2, 0.25) is 0 Å². The number of piperidine rings is 1. The fourth-order valence-electron chi connectivity index (χ4n) is 3.19. The van der Waals surface area contributed by atoms with Gasteiger partial charge in [-0.15, -0.1) is 11.3 Å². The fourth-order valence-corrected chi connectivity index (χ4v) is 3.82. The summed E-state index contributed by atoms with van der Waals surface area (Å²) in [5.41, 5.74) is 3.83. The Morgan fingerprint density at radius 3 is 3.00 bits per heavy atom. The predicted molar refractivity (Wildman–Crippen MR) is 89.0 cm³/mol. The van der Waals surface area contributed by atoms with Crippen molar-refractivity contribution >= 4 is 11.3 Å². The van der Waals surface area contributed by atoms with Crippen molar-refractivity contribution in [3.8, 4) is 11.5 Å². The van der Waals surface area contributed by atoms with Crippen LogP contribution in [-0.2, 0) is 6.54 Å². The van der Waals surface area contributed by atoms with Crippen molar-refractivity contribution in [3.63, 3.8) is 0 Å². The Bertz CT molecular complexity index is 740. The molecule has 4 heterocycles. The highest BCUT2D eigenvalue weighted by molar-refractivity contribution is 7.09. The number of likely N-dealkylation sites (tertiary alicyclic amines) is 1. The topological polar surface area (TPSA) is 70.6 Å². The van der Waals surface area contributed by atoms with Gasteiger partial charge < -0.3 is 4.98 Å². The number of aromatic amines is 1. The lowest BCUT2D eigenvalue weighted by atomic mass is 9.93. The molecule has 0 saturated carbocycles. The molecule has 1 N–H and O–H groups in total. The SMILES string of the molecule is c1c[nH]c(-c2nccnc2C2CCCN(Cc3cncs3)C2)n1. The summed E-state index contributed by atoms with van der Waals surface area (Å²) in [6.45, 7) is 3.10. The molecule has 0 amide bonds. The van der Waals surface area contributed by atoms with Crippen LogP contribution < -0.4 is 0 Å². The molecular weight excluding hydrogens is 308 g/mol. The number of aromatic nitrogens is 5. The molecule has 1 fully saturated rings. The van der Waals surface area contributed by atoms with E-state index in [4.69, 9.17) is 0 Å². The van der Waals surface area contributed by atoms with E-state index in [1.165, 1.54) is 11.3 Å². The van der Waals surface area contributed by atoms with E-state index in [9.17, 15) is 0 Å². The summed E-state index contributed by atoms with van der Waals surface area (Å²) in [6, 6.07) is 0. The maximum absolute atomic E-state index is 4.63. The summed E-state index contributed by atoms with van der Waals surface area (Å²) in [5.74, 6) is 1.19. The summed E-state index contributed by atoms with van der Waals surface area (Å²) >= 11 is 1.72. The minimum atomic E-state index is 0.394. The lowest BCUT2D eigenvalue weighted by Crippen LogP contribution is -2.34. The van der Waals surface area contributed by atoms with E-state index < -0.39 is 0 Å². The molecule has 1 unspecified atom stereocenters. The second kappa shape index (κ2) is 6.55. The van der Waals surface area contributed by atoms with Crippen molar-refractivity contribution in [2.75, 3.05) is 13.1 Å². The van der Waals surface area contributed by atoms with Crippen LogP contribution in [0.15, 0.2) is 36.5 Å². The van der Waals surface area contributed by atoms with Gasteiger partial charge in [0.2, 0.25) is 0 Å². The number of hydrogen-bond donors (Lipinski definition) is 1. The average molecular weight is 326 g/mol. The lowest BCUT2D eigenvalue weighted by Gasteiger charge is -2.32. The first-order valence-electron chi connectivity index (χ1n) is 7.80. The summed E-state index contributed by atoms with van der Waals surface area (Å²) in [5, 5.41) is 0. The van der Waals surface area contributed by atoms with Crippen molar-refractivity contribution in [1.29, 1.82) is 0 Å². The van der Waals surface area contributed by atoms with Crippen LogP contribution >= 0.6 is 11.3 Å². The molecule has 0 aromatic carbocycles. The second-order valence-electron chi connectivity index (χ2n) is 5.77. The van der Waals surface area contributed by atoms with Gasteiger partial charge in [-0.05, 0) is 19.4 Å². The third kappa shape index (κ3) is 3.16. The standard InChI is InChI=1S/C16H18N6S/c1-2-12(9-22(7-1)10-13-8-17-11-23-13)14-15(19-4-3-18-14)16-20-5-6-21-16/h3-6,8,11-12H,1-2,7,9-10H2,(H,20,21). The summed E-state index contributed by atoms with van der Waals surface area (Å²) in [4.78, 5) is 24.6. The monoisotopic (exact) mass is 326 g/mol. The van der Waals surface area contributed by atoms with Gasteiger partial charge >= 0.3 is 0 Å². The number of imidazole rings is 1. The molecule has 7 heteroatoms. The first-order chi connectivity index (χ1) is 11.4. The highest BCUT2D eigenvalue weighted by atomic mass is 32.1. The quantitative estimate of drug-likeness (QED) is 0.798. The Hall–Kier alpha value is -2.12. The molecule has 118 valence electrons. The van der Waals surface area contributed by atoms with Crippen molar-refractivity contribution in [2.24, 2.45) is 0 Å². The van der Waals surface area contributed by atoms with E-state index in [-0.39, 0.29) is 0 Å². The molecule has 6 nitrogen and oxygen atoms in total. The van der Waals surface area contributed by atoms with Gasteiger partial charge in [-0.3, -0.25) is 14.9 Å². The van der Waals surface area contributed by atoms with Gasteiger partial charge in [-0.25, -0.2) is 9.97 Å². The molecule has 0 aliphatic carbocycles. The Morgan fingerprint density at radius 2 is 2.17 bits per heavy atom. The number of nitrogens with one attached hydrogen (secondary N) is 1. The first-order valence-corrected chi connectivity index (χ1v) is 8.68. The Balaban J connectivity index is 1.56. The van der Waals surface area contributed by atoms with Crippen LogP contribution in [0.4, 0.5) is 0 Å². The largest absolute Gasteiger partial charge is 0.343 e. The summed E-state index contributed by atoms with van der Waals surface area (Å²) in [7, 11) is 0. The molecule has 0 radical (unpaired) electrons. The zero-order valence-corrected chi connectivity index (χ0v) is 13.5. The van der Waals surface area contributed by atoms with Gasteiger partial charge in [0.15, 0.2) is 5.82 Å². The van der Waals surface area contributed by atoms with Crippen LogP contribution in [0.3, 0.4) is 0 Å². The van der Waals surface area contributed by atoms with Crippen molar-refractivity contribution < 1.29 is 0 Å². The lowest BCUT2D eigenvalue weighted by molar-refractivity contribution is 0.200. The van der Waals surface area contributed by atoms with Gasteiger partial charge in [0, 0.05) is 54.9 Å². The minimum Gasteiger partial charge on any atom is -0.343 e. The molecule has 1 saturated heterocycles. The van der Waals surface area contributed by atoms with Gasteiger partial charge in [-0.2, -0.15) is 0 Å². The molecule has 23 heavy (non-hydrogen) atoms. The normalized spacial score (nSPS) is 19.0. The van der Waals surface area contributed by atoms with Crippen molar-refractivity contribution in [1.82, 2.24) is 29.8 Å². The highest BCUT2D eigenvalue weighted by Gasteiger charge is 2.26. The predicted octanol–water partition coefficient (Wildman–Crippen LogP) is 2.70. The van der Waals surface area contributed by atoms with E-state index in [0.717, 1.165) is 43.3 Å². The molecule has 0 spiro atoms. The maximum Gasteiger partial charge on any atom is 0.157 e. The highest BCUT2D eigenvalue weighted by Crippen LogP contribution is 2.31. The van der Waals surface area contributed by atoms with Gasteiger partial charge in [0.1, 0.15) is 5.69 Å². The zero-order chi connectivity index (χ0) is 15.5. The maximum atomic E-state index is 4.63. The van der Waals surface area contributed by atoms with Crippen LogP contribution in [-0.4, -0.2) is 42.9 Å². The summed E-state index contributed by atoms with van der Waals surface area (Å²) in [6.07, 6.45) is 11.4. The Labute approximate surface area is 138 Å².